The molecule has 7 nitrogen and oxygen atoms in total. The summed E-state index contributed by atoms with van der Waals surface area (Å²) < 4.78 is 11.0. The van der Waals surface area contributed by atoms with E-state index >= 15 is 0 Å². The van der Waals surface area contributed by atoms with Crippen molar-refractivity contribution in [3.8, 4) is 17.2 Å². The Morgan fingerprint density at radius 3 is 3.07 bits per heavy atom. The number of carbonyl (C=O) groups excluding carboxylic acids is 1. The lowest BCUT2D eigenvalue weighted by Crippen LogP contribution is -2.38. The molecule has 1 fully saturated rings. The quantitative estimate of drug-likeness (QED) is 0.613. The fourth-order valence-corrected chi connectivity index (χ4v) is 3.66. The Morgan fingerprint density at radius 2 is 2.24 bits per heavy atom. The fraction of sp³-hybridized carbons (Fsp3) is 0.364. The van der Waals surface area contributed by atoms with E-state index in [2.05, 4.69) is 15.1 Å². The van der Waals surface area contributed by atoms with E-state index < -0.39 is 0 Å². The Hall–Kier alpha value is -3.22. The summed E-state index contributed by atoms with van der Waals surface area (Å²) in [6.45, 7) is 2.84. The van der Waals surface area contributed by atoms with Gasteiger partial charge in [0.15, 0.2) is 12.4 Å². The first-order valence-corrected chi connectivity index (χ1v) is 9.91. The molecule has 1 atom stereocenters. The third kappa shape index (κ3) is 4.80. The van der Waals surface area contributed by atoms with Crippen LogP contribution in [0, 0.1) is 6.92 Å². The Kier molecular flexibility index (Phi) is 5.84. The topological polar surface area (TPSA) is 81.4 Å². The van der Waals surface area contributed by atoms with Crippen LogP contribution < -0.4 is 4.74 Å². The van der Waals surface area contributed by atoms with Gasteiger partial charge in [-0.25, -0.2) is 0 Å². The summed E-state index contributed by atoms with van der Waals surface area (Å²) in [5, 5.41) is 4.07. The molecule has 150 valence electrons. The molecule has 29 heavy (non-hydrogen) atoms. The minimum absolute atomic E-state index is 0.0261. The maximum atomic E-state index is 12.7. The number of pyridine rings is 1. The SMILES string of the molecule is Cc1cccc(OCC(=O)N2CCCC2CCc2noc(-c3cccnc3)n2)c1. The molecule has 1 aliphatic rings. The zero-order valence-electron chi connectivity index (χ0n) is 16.5. The zero-order chi connectivity index (χ0) is 20.1. The number of aromatic nitrogens is 3. The maximum absolute atomic E-state index is 12.7. The van der Waals surface area contributed by atoms with Crippen LogP contribution >= 0.6 is 0 Å². The van der Waals surface area contributed by atoms with Crippen molar-refractivity contribution >= 4 is 5.91 Å². The average molecular weight is 392 g/mol. The summed E-state index contributed by atoms with van der Waals surface area (Å²) >= 11 is 0. The van der Waals surface area contributed by atoms with Crippen LogP contribution in [-0.4, -0.2) is 45.1 Å². The molecule has 0 saturated carbocycles. The molecule has 1 unspecified atom stereocenters. The molecule has 0 spiro atoms. The predicted molar refractivity (Wildman–Crippen MR) is 107 cm³/mol. The van der Waals surface area contributed by atoms with Crippen molar-refractivity contribution in [3.05, 3.63) is 60.2 Å². The van der Waals surface area contributed by atoms with E-state index in [1.165, 1.54) is 0 Å². The Morgan fingerprint density at radius 1 is 1.31 bits per heavy atom. The zero-order valence-corrected chi connectivity index (χ0v) is 16.5. The van der Waals surface area contributed by atoms with Crippen LogP contribution in [0.3, 0.4) is 0 Å². The molecule has 4 rings (SSSR count). The number of hydrogen-bond acceptors (Lipinski definition) is 6. The number of ether oxygens (including phenoxy) is 1. The van der Waals surface area contributed by atoms with E-state index in [1.54, 1.807) is 12.4 Å². The van der Waals surface area contributed by atoms with Gasteiger partial charge in [-0.1, -0.05) is 17.3 Å². The molecule has 3 aromatic rings. The summed E-state index contributed by atoms with van der Waals surface area (Å²) in [7, 11) is 0. The van der Waals surface area contributed by atoms with Crippen LogP contribution in [0.15, 0.2) is 53.3 Å². The minimum Gasteiger partial charge on any atom is -0.484 e. The van der Waals surface area contributed by atoms with E-state index in [4.69, 9.17) is 9.26 Å². The summed E-state index contributed by atoms with van der Waals surface area (Å²) in [5.41, 5.74) is 1.91. The molecule has 1 aromatic carbocycles. The molecule has 2 aromatic heterocycles. The van der Waals surface area contributed by atoms with E-state index in [0.717, 1.165) is 42.7 Å². The number of aryl methyl sites for hydroxylation is 2. The molecule has 1 amide bonds. The second-order valence-corrected chi connectivity index (χ2v) is 7.28. The first-order chi connectivity index (χ1) is 14.2. The Balaban J connectivity index is 1.30. The number of likely N-dealkylation sites (tertiary alicyclic amines) is 1. The van der Waals surface area contributed by atoms with Gasteiger partial charge in [-0.3, -0.25) is 9.78 Å². The lowest BCUT2D eigenvalue weighted by Gasteiger charge is -2.24. The highest BCUT2D eigenvalue weighted by Crippen LogP contribution is 2.23. The van der Waals surface area contributed by atoms with Crippen molar-refractivity contribution in [2.24, 2.45) is 0 Å². The highest BCUT2D eigenvalue weighted by molar-refractivity contribution is 5.78. The van der Waals surface area contributed by atoms with Gasteiger partial charge >= 0.3 is 0 Å². The summed E-state index contributed by atoms with van der Waals surface area (Å²) in [6.07, 6.45) is 6.87. The van der Waals surface area contributed by atoms with E-state index in [-0.39, 0.29) is 18.6 Å². The first-order valence-electron chi connectivity index (χ1n) is 9.91. The normalized spacial score (nSPS) is 16.2. The third-order valence-corrected chi connectivity index (χ3v) is 5.13. The van der Waals surface area contributed by atoms with Gasteiger partial charge in [-0.05, 0) is 56.0 Å². The van der Waals surface area contributed by atoms with Crippen molar-refractivity contribution in [1.82, 2.24) is 20.0 Å². The number of hydrogen-bond donors (Lipinski definition) is 0. The van der Waals surface area contributed by atoms with Gasteiger partial charge in [-0.15, -0.1) is 0 Å². The van der Waals surface area contributed by atoms with Gasteiger partial charge in [0, 0.05) is 31.4 Å². The molecule has 0 radical (unpaired) electrons. The number of benzene rings is 1. The van der Waals surface area contributed by atoms with Gasteiger partial charge in [0.2, 0.25) is 0 Å². The number of carbonyl (C=O) groups is 1. The highest BCUT2D eigenvalue weighted by Gasteiger charge is 2.29. The maximum Gasteiger partial charge on any atom is 0.260 e. The van der Waals surface area contributed by atoms with Gasteiger partial charge in [0.25, 0.3) is 11.8 Å². The van der Waals surface area contributed by atoms with Gasteiger partial charge < -0.3 is 14.2 Å². The van der Waals surface area contributed by atoms with E-state index in [9.17, 15) is 4.79 Å². The average Bonchev–Trinajstić information content (AvgIpc) is 3.41. The van der Waals surface area contributed by atoms with E-state index in [0.29, 0.717) is 18.1 Å². The number of nitrogens with zero attached hydrogens (tertiary/aromatic N) is 4. The van der Waals surface area contributed by atoms with Crippen LogP contribution in [0.25, 0.3) is 11.5 Å². The van der Waals surface area contributed by atoms with Crippen LogP contribution in [0.5, 0.6) is 5.75 Å². The molecule has 0 bridgehead atoms. The molecular weight excluding hydrogens is 368 g/mol. The standard InChI is InChI=1S/C22H24N4O3/c1-16-5-2-8-19(13-16)28-15-21(27)26-12-4-7-18(26)9-10-20-24-22(29-25-20)17-6-3-11-23-14-17/h2-3,5-6,8,11,13-14,18H,4,7,9-10,12,15H2,1H3. The fourth-order valence-electron chi connectivity index (χ4n) is 3.66. The third-order valence-electron chi connectivity index (χ3n) is 5.13. The highest BCUT2D eigenvalue weighted by atomic mass is 16.5. The summed E-state index contributed by atoms with van der Waals surface area (Å²) in [6, 6.07) is 11.6. The second kappa shape index (κ2) is 8.86. The van der Waals surface area contributed by atoms with Crippen molar-refractivity contribution in [1.29, 1.82) is 0 Å². The van der Waals surface area contributed by atoms with Crippen molar-refractivity contribution in [3.63, 3.8) is 0 Å². The Bertz CT molecular complexity index is 957. The molecular formula is C22H24N4O3. The summed E-state index contributed by atoms with van der Waals surface area (Å²) in [5.74, 6) is 1.88. The molecule has 1 saturated heterocycles. The van der Waals surface area contributed by atoms with Gasteiger partial charge in [0.1, 0.15) is 5.75 Å². The lowest BCUT2D eigenvalue weighted by molar-refractivity contribution is -0.134. The minimum atomic E-state index is 0.0261. The monoisotopic (exact) mass is 392 g/mol. The molecule has 0 aliphatic carbocycles. The van der Waals surface area contributed by atoms with Crippen LogP contribution in [0.1, 0.15) is 30.7 Å². The van der Waals surface area contributed by atoms with Crippen molar-refractivity contribution in [2.75, 3.05) is 13.2 Å². The second-order valence-electron chi connectivity index (χ2n) is 7.28. The van der Waals surface area contributed by atoms with Crippen LogP contribution in [-0.2, 0) is 11.2 Å². The van der Waals surface area contributed by atoms with Crippen molar-refractivity contribution in [2.45, 2.75) is 38.6 Å². The van der Waals surface area contributed by atoms with Crippen LogP contribution in [0.2, 0.25) is 0 Å². The number of amides is 1. The van der Waals surface area contributed by atoms with Gasteiger partial charge in [-0.2, -0.15) is 4.98 Å². The van der Waals surface area contributed by atoms with Crippen LogP contribution in [0.4, 0.5) is 0 Å². The summed E-state index contributed by atoms with van der Waals surface area (Å²) in [4.78, 5) is 23.1. The first kappa shape index (κ1) is 19.1. The lowest BCUT2D eigenvalue weighted by atomic mass is 10.1. The Labute approximate surface area is 169 Å². The van der Waals surface area contributed by atoms with Gasteiger partial charge in [0.05, 0.1) is 5.56 Å². The molecule has 3 heterocycles. The smallest absolute Gasteiger partial charge is 0.260 e. The molecule has 0 N–H and O–H groups in total. The van der Waals surface area contributed by atoms with E-state index in [1.807, 2.05) is 48.2 Å². The van der Waals surface area contributed by atoms with Crippen molar-refractivity contribution < 1.29 is 14.1 Å². The largest absolute Gasteiger partial charge is 0.484 e. The number of rotatable bonds is 7. The molecule has 1 aliphatic heterocycles. The molecule has 7 heteroatoms. The predicted octanol–water partition coefficient (Wildman–Crippen LogP) is 3.44.